The second-order valence-corrected chi connectivity index (χ2v) is 6.16. The first-order valence-electron chi connectivity index (χ1n) is 9.09. The van der Waals surface area contributed by atoms with Gasteiger partial charge < -0.3 is 25.2 Å². The third-order valence-electron chi connectivity index (χ3n) is 3.98. The summed E-state index contributed by atoms with van der Waals surface area (Å²) in [4.78, 5) is 35.6. The van der Waals surface area contributed by atoms with Gasteiger partial charge in [-0.3, -0.25) is 14.4 Å². The van der Waals surface area contributed by atoms with Crippen molar-refractivity contribution in [2.75, 3.05) is 25.5 Å². The van der Waals surface area contributed by atoms with Gasteiger partial charge in [0.25, 0.3) is 11.8 Å². The van der Waals surface area contributed by atoms with E-state index in [1.165, 1.54) is 13.1 Å². The molecule has 3 aromatic rings. The Morgan fingerprint density at radius 2 is 1.80 bits per heavy atom. The summed E-state index contributed by atoms with van der Waals surface area (Å²) in [7, 11) is 1.51. The molecule has 30 heavy (non-hydrogen) atoms. The molecule has 9 nitrogen and oxygen atoms in total. The second-order valence-electron chi connectivity index (χ2n) is 6.16. The van der Waals surface area contributed by atoms with E-state index < -0.39 is 11.8 Å². The molecule has 0 spiro atoms. The molecule has 0 unspecified atom stereocenters. The molecule has 0 aliphatic carbocycles. The largest absolute Gasteiger partial charge is 0.484 e. The number of rotatable bonds is 8. The van der Waals surface area contributed by atoms with E-state index >= 15 is 0 Å². The van der Waals surface area contributed by atoms with Gasteiger partial charge in [0.2, 0.25) is 5.91 Å². The molecule has 2 aromatic carbocycles. The lowest BCUT2D eigenvalue weighted by molar-refractivity contribution is -0.122. The Balaban J connectivity index is 1.50. The van der Waals surface area contributed by atoms with Gasteiger partial charge in [-0.1, -0.05) is 41.6 Å². The third-order valence-corrected chi connectivity index (χ3v) is 3.98. The van der Waals surface area contributed by atoms with E-state index in [-0.39, 0.29) is 24.8 Å². The summed E-state index contributed by atoms with van der Waals surface area (Å²) in [6.45, 7) is -0.387. The third kappa shape index (κ3) is 5.68. The summed E-state index contributed by atoms with van der Waals surface area (Å²) in [6.07, 6.45) is 0. The van der Waals surface area contributed by atoms with Crippen molar-refractivity contribution >= 4 is 23.4 Å². The average molecular weight is 408 g/mol. The minimum absolute atomic E-state index is 0.0752. The highest BCUT2D eigenvalue weighted by Gasteiger charge is 2.14. The van der Waals surface area contributed by atoms with Crippen LogP contribution in [0.2, 0.25) is 0 Å². The highest BCUT2D eigenvalue weighted by atomic mass is 16.5. The molecule has 9 heteroatoms. The van der Waals surface area contributed by atoms with Gasteiger partial charge in [-0.05, 0) is 12.1 Å². The SMILES string of the molecule is CNC(=O)COc1cccc(NC(=O)CNC(=O)c2cc(-c3ccccc3)on2)c1. The Hall–Kier alpha value is -4.14. The van der Waals surface area contributed by atoms with Gasteiger partial charge in [0.05, 0.1) is 6.54 Å². The Kier molecular flexibility index (Phi) is 6.78. The molecular formula is C21H20N4O5. The number of carbonyl (C=O) groups excluding carboxylic acids is 3. The first kappa shape index (κ1) is 20.6. The Morgan fingerprint density at radius 1 is 1.00 bits per heavy atom. The quantitative estimate of drug-likeness (QED) is 0.523. The second kappa shape index (κ2) is 9.87. The van der Waals surface area contributed by atoms with Crippen LogP contribution >= 0.6 is 0 Å². The van der Waals surface area contributed by atoms with Crippen LogP contribution < -0.4 is 20.7 Å². The number of benzene rings is 2. The molecule has 0 atom stereocenters. The number of amides is 3. The highest BCUT2D eigenvalue weighted by Crippen LogP contribution is 2.20. The molecule has 0 aliphatic heterocycles. The number of nitrogens with zero attached hydrogens (tertiary/aromatic N) is 1. The maximum atomic E-state index is 12.2. The maximum absolute atomic E-state index is 12.2. The zero-order chi connectivity index (χ0) is 21.3. The van der Waals surface area contributed by atoms with E-state index in [4.69, 9.17) is 9.26 Å². The fraction of sp³-hybridized carbons (Fsp3) is 0.143. The average Bonchev–Trinajstić information content (AvgIpc) is 3.27. The van der Waals surface area contributed by atoms with E-state index in [0.717, 1.165) is 5.56 Å². The molecule has 0 radical (unpaired) electrons. The van der Waals surface area contributed by atoms with Crippen molar-refractivity contribution in [1.82, 2.24) is 15.8 Å². The van der Waals surface area contributed by atoms with Crippen LogP contribution in [0.4, 0.5) is 5.69 Å². The lowest BCUT2D eigenvalue weighted by atomic mass is 10.1. The van der Waals surface area contributed by atoms with Crippen LogP contribution in [-0.2, 0) is 9.59 Å². The molecule has 0 saturated heterocycles. The minimum atomic E-state index is -0.529. The van der Waals surface area contributed by atoms with Crippen LogP contribution in [0.3, 0.4) is 0 Å². The number of ether oxygens (including phenoxy) is 1. The number of likely N-dealkylation sites (N-methyl/N-ethyl adjacent to an activating group) is 1. The van der Waals surface area contributed by atoms with Crippen LogP contribution in [-0.4, -0.2) is 43.1 Å². The topological polar surface area (TPSA) is 123 Å². The van der Waals surface area contributed by atoms with Crippen LogP contribution in [0.5, 0.6) is 5.75 Å². The van der Waals surface area contributed by atoms with Crippen molar-refractivity contribution in [2.45, 2.75) is 0 Å². The Morgan fingerprint density at radius 3 is 2.57 bits per heavy atom. The van der Waals surface area contributed by atoms with Crippen molar-refractivity contribution in [3.63, 3.8) is 0 Å². The normalized spacial score (nSPS) is 10.2. The van der Waals surface area contributed by atoms with Crippen LogP contribution in [0.25, 0.3) is 11.3 Å². The van der Waals surface area contributed by atoms with Crippen molar-refractivity contribution in [3.05, 3.63) is 66.4 Å². The van der Waals surface area contributed by atoms with Gasteiger partial charge >= 0.3 is 0 Å². The minimum Gasteiger partial charge on any atom is -0.484 e. The Bertz CT molecular complexity index is 1030. The van der Waals surface area contributed by atoms with Gasteiger partial charge in [0.1, 0.15) is 5.75 Å². The van der Waals surface area contributed by atoms with Gasteiger partial charge in [-0.15, -0.1) is 0 Å². The van der Waals surface area contributed by atoms with Crippen molar-refractivity contribution < 1.29 is 23.6 Å². The standard InChI is InChI=1S/C21H20N4O5/c1-22-20(27)13-29-16-9-5-8-15(10-16)24-19(26)12-23-21(28)17-11-18(30-25-17)14-6-3-2-4-7-14/h2-11H,12-13H2,1H3,(H,22,27)(H,23,28)(H,24,26). The summed E-state index contributed by atoms with van der Waals surface area (Å²) in [6, 6.07) is 17.3. The molecule has 154 valence electrons. The number of anilines is 1. The number of hydrogen-bond donors (Lipinski definition) is 3. The lowest BCUT2D eigenvalue weighted by Crippen LogP contribution is -2.33. The summed E-state index contributed by atoms with van der Waals surface area (Å²) in [5, 5.41) is 11.3. The predicted molar refractivity (Wildman–Crippen MR) is 109 cm³/mol. The molecule has 0 aliphatic rings. The molecule has 1 heterocycles. The maximum Gasteiger partial charge on any atom is 0.273 e. The number of hydrogen-bond acceptors (Lipinski definition) is 6. The highest BCUT2D eigenvalue weighted by molar-refractivity contribution is 5.98. The van der Waals surface area contributed by atoms with E-state index in [1.807, 2.05) is 30.3 Å². The number of aromatic nitrogens is 1. The molecule has 0 fully saturated rings. The zero-order valence-electron chi connectivity index (χ0n) is 16.2. The number of nitrogens with one attached hydrogen (secondary N) is 3. The summed E-state index contributed by atoms with van der Waals surface area (Å²) < 4.78 is 10.5. The Labute approximate surface area is 172 Å². The van der Waals surface area contributed by atoms with Crippen LogP contribution in [0.1, 0.15) is 10.5 Å². The van der Waals surface area contributed by atoms with Crippen LogP contribution in [0.15, 0.2) is 65.2 Å². The smallest absolute Gasteiger partial charge is 0.273 e. The van der Waals surface area contributed by atoms with Crippen molar-refractivity contribution in [2.24, 2.45) is 0 Å². The van der Waals surface area contributed by atoms with E-state index in [2.05, 4.69) is 21.1 Å². The fourth-order valence-electron chi connectivity index (χ4n) is 2.46. The molecule has 3 N–H and O–H groups in total. The lowest BCUT2D eigenvalue weighted by Gasteiger charge is -2.09. The predicted octanol–water partition coefficient (Wildman–Crippen LogP) is 1.83. The van der Waals surface area contributed by atoms with Gasteiger partial charge in [-0.25, -0.2) is 0 Å². The summed E-state index contributed by atoms with van der Waals surface area (Å²) in [5.74, 6) is -0.344. The van der Waals surface area contributed by atoms with Gasteiger partial charge in [0, 0.05) is 30.4 Å². The van der Waals surface area contributed by atoms with Gasteiger partial charge in [-0.2, -0.15) is 0 Å². The van der Waals surface area contributed by atoms with E-state index in [1.54, 1.807) is 24.3 Å². The fourth-order valence-corrected chi connectivity index (χ4v) is 2.46. The van der Waals surface area contributed by atoms with E-state index in [0.29, 0.717) is 17.2 Å². The molecular weight excluding hydrogens is 388 g/mol. The molecule has 0 saturated carbocycles. The molecule has 3 rings (SSSR count). The molecule has 1 aromatic heterocycles. The monoisotopic (exact) mass is 408 g/mol. The molecule has 3 amide bonds. The van der Waals surface area contributed by atoms with Gasteiger partial charge in [0.15, 0.2) is 18.1 Å². The summed E-state index contributed by atoms with van der Waals surface area (Å²) >= 11 is 0. The summed E-state index contributed by atoms with van der Waals surface area (Å²) in [5.41, 5.74) is 1.34. The van der Waals surface area contributed by atoms with E-state index in [9.17, 15) is 14.4 Å². The zero-order valence-corrected chi connectivity index (χ0v) is 16.2. The number of carbonyl (C=O) groups is 3. The first-order valence-corrected chi connectivity index (χ1v) is 9.09. The van der Waals surface area contributed by atoms with Crippen molar-refractivity contribution in [3.8, 4) is 17.1 Å². The molecule has 0 bridgehead atoms. The van der Waals surface area contributed by atoms with Crippen molar-refractivity contribution in [1.29, 1.82) is 0 Å². The van der Waals surface area contributed by atoms with Crippen LogP contribution in [0, 0.1) is 0 Å². The first-order chi connectivity index (χ1) is 14.5.